The summed E-state index contributed by atoms with van der Waals surface area (Å²) < 4.78 is 0. The first-order chi connectivity index (χ1) is 9.10. The van der Waals surface area contributed by atoms with Gasteiger partial charge in [0.1, 0.15) is 0 Å². The maximum atomic E-state index is 10.6. The molecule has 1 fully saturated rings. The summed E-state index contributed by atoms with van der Waals surface area (Å²) in [7, 11) is 0. The van der Waals surface area contributed by atoms with Crippen LogP contribution in [-0.2, 0) is 6.42 Å². The van der Waals surface area contributed by atoms with E-state index in [2.05, 4.69) is 11.8 Å². The minimum Gasteiger partial charge on any atom is -0.387 e. The quantitative estimate of drug-likeness (QED) is 0.900. The van der Waals surface area contributed by atoms with Crippen molar-refractivity contribution in [3.8, 4) is 0 Å². The number of likely N-dealkylation sites (tertiary alicyclic amines) is 1. The van der Waals surface area contributed by atoms with Crippen LogP contribution in [-0.4, -0.2) is 29.1 Å². The van der Waals surface area contributed by atoms with E-state index in [0.29, 0.717) is 10.0 Å². The molecule has 3 rings (SSSR count). The molecule has 1 N–H and O–H groups in total. The van der Waals surface area contributed by atoms with Crippen molar-refractivity contribution in [2.45, 2.75) is 38.3 Å². The number of aliphatic hydroxyl groups excluding tert-OH is 1. The number of aliphatic hydroxyl groups is 1. The minimum atomic E-state index is -0.457. The van der Waals surface area contributed by atoms with Gasteiger partial charge in [0, 0.05) is 22.6 Å². The Morgan fingerprint density at radius 3 is 2.84 bits per heavy atom. The zero-order chi connectivity index (χ0) is 13.6. The molecule has 0 aromatic heterocycles. The monoisotopic (exact) mass is 299 g/mol. The van der Waals surface area contributed by atoms with Crippen LogP contribution in [0.4, 0.5) is 0 Å². The summed E-state index contributed by atoms with van der Waals surface area (Å²) in [6, 6.07) is 3.80. The Kier molecular flexibility index (Phi) is 3.78. The SMILES string of the molecule is CCC1CCN(C2Cc3c(Cl)cc(Cl)cc3C2O)C1. The van der Waals surface area contributed by atoms with Gasteiger partial charge in [-0.15, -0.1) is 0 Å². The van der Waals surface area contributed by atoms with Gasteiger partial charge in [0.2, 0.25) is 0 Å². The highest BCUT2D eigenvalue weighted by Crippen LogP contribution is 2.41. The van der Waals surface area contributed by atoms with E-state index in [9.17, 15) is 5.11 Å². The van der Waals surface area contributed by atoms with Crippen LogP contribution in [0.1, 0.15) is 37.0 Å². The van der Waals surface area contributed by atoms with Crippen LogP contribution in [0.2, 0.25) is 10.0 Å². The van der Waals surface area contributed by atoms with Gasteiger partial charge in [-0.1, -0.05) is 36.5 Å². The standard InChI is InChI=1S/C15H19Cl2NO/c1-2-9-3-4-18(8-9)14-7-11-12(15(14)19)5-10(16)6-13(11)17/h5-6,9,14-15,19H,2-4,7-8H2,1H3. The van der Waals surface area contributed by atoms with Crippen molar-refractivity contribution in [1.29, 1.82) is 0 Å². The second-order valence-electron chi connectivity index (χ2n) is 5.73. The van der Waals surface area contributed by atoms with Gasteiger partial charge in [0.15, 0.2) is 0 Å². The molecule has 0 amide bonds. The Balaban J connectivity index is 1.83. The molecular weight excluding hydrogens is 281 g/mol. The fraction of sp³-hybridized carbons (Fsp3) is 0.600. The van der Waals surface area contributed by atoms with Gasteiger partial charge >= 0.3 is 0 Å². The highest BCUT2D eigenvalue weighted by Gasteiger charge is 2.39. The molecule has 3 atom stereocenters. The number of benzene rings is 1. The molecule has 1 aromatic rings. The molecule has 4 heteroatoms. The van der Waals surface area contributed by atoms with Gasteiger partial charge < -0.3 is 5.11 Å². The molecule has 0 spiro atoms. The molecule has 2 aliphatic rings. The summed E-state index contributed by atoms with van der Waals surface area (Å²) in [6.45, 7) is 4.42. The molecule has 0 saturated carbocycles. The first kappa shape index (κ1) is 13.7. The van der Waals surface area contributed by atoms with Gasteiger partial charge in [-0.2, -0.15) is 0 Å². The zero-order valence-electron chi connectivity index (χ0n) is 11.1. The van der Waals surface area contributed by atoms with Crippen molar-refractivity contribution in [3.63, 3.8) is 0 Å². The predicted octanol–water partition coefficient (Wildman–Crippen LogP) is 3.68. The second-order valence-corrected chi connectivity index (χ2v) is 6.57. The van der Waals surface area contributed by atoms with E-state index in [1.54, 1.807) is 6.07 Å². The maximum absolute atomic E-state index is 10.6. The number of rotatable bonds is 2. The summed E-state index contributed by atoms with van der Waals surface area (Å²) in [5, 5.41) is 11.8. The molecule has 0 radical (unpaired) electrons. The lowest BCUT2D eigenvalue weighted by atomic mass is 10.1. The normalized spacial score (nSPS) is 30.8. The van der Waals surface area contributed by atoms with Crippen molar-refractivity contribution < 1.29 is 5.11 Å². The average Bonchev–Trinajstić information content (AvgIpc) is 2.95. The minimum absolute atomic E-state index is 0.169. The van der Waals surface area contributed by atoms with E-state index in [4.69, 9.17) is 23.2 Å². The topological polar surface area (TPSA) is 23.5 Å². The number of halogens is 2. The van der Waals surface area contributed by atoms with E-state index in [-0.39, 0.29) is 6.04 Å². The zero-order valence-corrected chi connectivity index (χ0v) is 12.6. The first-order valence-corrected chi connectivity index (χ1v) is 7.75. The van der Waals surface area contributed by atoms with Crippen molar-refractivity contribution in [3.05, 3.63) is 33.3 Å². The summed E-state index contributed by atoms with van der Waals surface area (Å²) in [6.07, 6.45) is 2.84. The van der Waals surface area contributed by atoms with Gasteiger partial charge in [-0.25, -0.2) is 0 Å². The molecule has 2 nitrogen and oxygen atoms in total. The third kappa shape index (κ3) is 2.40. The van der Waals surface area contributed by atoms with E-state index in [1.807, 2.05) is 6.07 Å². The lowest BCUT2D eigenvalue weighted by Gasteiger charge is -2.26. The van der Waals surface area contributed by atoms with E-state index in [1.165, 1.54) is 12.8 Å². The molecule has 19 heavy (non-hydrogen) atoms. The number of fused-ring (bicyclic) bond motifs is 1. The largest absolute Gasteiger partial charge is 0.387 e. The predicted molar refractivity (Wildman–Crippen MR) is 78.9 cm³/mol. The van der Waals surface area contributed by atoms with Gasteiger partial charge in [-0.05, 0) is 48.6 Å². The molecule has 1 saturated heterocycles. The Hall–Kier alpha value is -0.280. The van der Waals surface area contributed by atoms with Crippen LogP contribution in [0.15, 0.2) is 12.1 Å². The summed E-state index contributed by atoms with van der Waals surface area (Å²) in [4.78, 5) is 2.42. The highest BCUT2D eigenvalue weighted by molar-refractivity contribution is 6.35. The van der Waals surface area contributed by atoms with Crippen LogP contribution < -0.4 is 0 Å². The number of hydrogen-bond acceptors (Lipinski definition) is 2. The molecule has 3 unspecified atom stereocenters. The number of nitrogens with zero attached hydrogens (tertiary/aromatic N) is 1. The maximum Gasteiger partial charge on any atom is 0.0952 e. The van der Waals surface area contributed by atoms with Crippen LogP contribution in [0.25, 0.3) is 0 Å². The second kappa shape index (κ2) is 5.25. The third-order valence-corrected chi connectivity index (χ3v) is 5.21. The highest BCUT2D eigenvalue weighted by atomic mass is 35.5. The molecule has 1 heterocycles. The molecule has 1 aliphatic heterocycles. The Morgan fingerprint density at radius 2 is 2.16 bits per heavy atom. The number of hydrogen-bond donors (Lipinski definition) is 1. The van der Waals surface area contributed by atoms with Gasteiger partial charge in [-0.3, -0.25) is 4.90 Å². The Labute approximate surface area is 124 Å². The molecule has 1 aliphatic carbocycles. The summed E-state index contributed by atoms with van der Waals surface area (Å²) in [5.41, 5.74) is 1.99. The van der Waals surface area contributed by atoms with Crippen LogP contribution in [0.5, 0.6) is 0 Å². The summed E-state index contributed by atoms with van der Waals surface area (Å²) in [5.74, 6) is 0.773. The molecule has 104 valence electrons. The fourth-order valence-corrected chi connectivity index (χ4v) is 4.04. The lowest BCUT2D eigenvalue weighted by Crippen LogP contribution is -2.36. The Bertz CT molecular complexity index is 491. The van der Waals surface area contributed by atoms with Gasteiger partial charge in [0.25, 0.3) is 0 Å². The third-order valence-electron chi connectivity index (χ3n) is 4.65. The van der Waals surface area contributed by atoms with Crippen LogP contribution in [0, 0.1) is 5.92 Å². The fourth-order valence-electron chi connectivity index (χ4n) is 3.46. The molecular formula is C15H19Cl2NO. The van der Waals surface area contributed by atoms with E-state index in [0.717, 1.165) is 36.6 Å². The van der Waals surface area contributed by atoms with Crippen molar-refractivity contribution in [1.82, 2.24) is 4.90 Å². The van der Waals surface area contributed by atoms with E-state index < -0.39 is 6.10 Å². The van der Waals surface area contributed by atoms with Crippen molar-refractivity contribution in [2.75, 3.05) is 13.1 Å². The van der Waals surface area contributed by atoms with Gasteiger partial charge in [0.05, 0.1) is 6.10 Å². The van der Waals surface area contributed by atoms with Crippen molar-refractivity contribution in [2.24, 2.45) is 5.92 Å². The molecule has 1 aromatic carbocycles. The lowest BCUT2D eigenvalue weighted by molar-refractivity contribution is 0.0727. The average molecular weight is 300 g/mol. The van der Waals surface area contributed by atoms with E-state index >= 15 is 0 Å². The van der Waals surface area contributed by atoms with Crippen molar-refractivity contribution >= 4 is 23.2 Å². The Morgan fingerprint density at radius 1 is 1.37 bits per heavy atom. The molecule has 0 bridgehead atoms. The van der Waals surface area contributed by atoms with Crippen LogP contribution in [0.3, 0.4) is 0 Å². The summed E-state index contributed by atoms with van der Waals surface area (Å²) >= 11 is 12.3. The smallest absolute Gasteiger partial charge is 0.0952 e. The first-order valence-electron chi connectivity index (χ1n) is 7.00. The van der Waals surface area contributed by atoms with Crippen LogP contribution >= 0.6 is 23.2 Å².